The second-order valence-corrected chi connectivity index (χ2v) is 8.94. The van der Waals surface area contributed by atoms with Crippen molar-refractivity contribution in [3.8, 4) is 0 Å². The second-order valence-electron chi connectivity index (χ2n) is 7.26. The zero-order valence-electron chi connectivity index (χ0n) is 17.0. The van der Waals surface area contributed by atoms with Crippen molar-refractivity contribution in [3.05, 3.63) is 83.4 Å². The summed E-state index contributed by atoms with van der Waals surface area (Å²) in [6.07, 6.45) is 0. The van der Waals surface area contributed by atoms with Gasteiger partial charge in [0.05, 0.1) is 15.9 Å². The largest absolute Gasteiger partial charge is 0.337 e. The molecule has 0 fully saturated rings. The van der Waals surface area contributed by atoms with E-state index in [0.29, 0.717) is 16.9 Å². The van der Waals surface area contributed by atoms with Crippen molar-refractivity contribution < 1.29 is 8.42 Å². The monoisotopic (exact) mass is 418 g/mol. The number of para-hydroxylation sites is 2. The highest BCUT2D eigenvalue weighted by Crippen LogP contribution is 2.27. The lowest BCUT2D eigenvalue weighted by molar-refractivity contribution is 0.601. The van der Waals surface area contributed by atoms with E-state index in [9.17, 15) is 8.42 Å². The molecule has 2 N–H and O–H groups in total. The molecule has 152 valence electrons. The van der Waals surface area contributed by atoms with E-state index in [2.05, 4.69) is 20.0 Å². The molecule has 7 heteroatoms. The maximum atomic E-state index is 13.1. The molecular formula is C23H22N4O2S. The van der Waals surface area contributed by atoms with Crippen LogP contribution in [0.5, 0.6) is 0 Å². The fourth-order valence-corrected chi connectivity index (χ4v) is 4.18. The van der Waals surface area contributed by atoms with Gasteiger partial charge in [-0.1, -0.05) is 30.3 Å². The zero-order chi connectivity index (χ0) is 21.3. The van der Waals surface area contributed by atoms with Gasteiger partial charge in [-0.15, -0.1) is 0 Å². The Bertz CT molecular complexity index is 1350. The topological polar surface area (TPSA) is 84.0 Å². The molecule has 3 aromatic carbocycles. The van der Waals surface area contributed by atoms with Crippen molar-refractivity contribution in [1.82, 2.24) is 9.97 Å². The first kappa shape index (κ1) is 19.8. The van der Waals surface area contributed by atoms with Crippen molar-refractivity contribution in [3.63, 3.8) is 0 Å². The van der Waals surface area contributed by atoms with Gasteiger partial charge in [0, 0.05) is 5.69 Å². The molecule has 0 spiro atoms. The van der Waals surface area contributed by atoms with E-state index in [0.717, 1.165) is 22.4 Å². The van der Waals surface area contributed by atoms with Crippen molar-refractivity contribution in [2.75, 3.05) is 10.0 Å². The van der Waals surface area contributed by atoms with Crippen LogP contribution in [-0.2, 0) is 10.0 Å². The first-order valence-corrected chi connectivity index (χ1v) is 11.0. The van der Waals surface area contributed by atoms with E-state index in [-0.39, 0.29) is 10.7 Å². The minimum atomic E-state index is -3.84. The van der Waals surface area contributed by atoms with Gasteiger partial charge < -0.3 is 5.32 Å². The molecule has 6 nitrogen and oxygen atoms in total. The van der Waals surface area contributed by atoms with Crippen LogP contribution in [0.2, 0.25) is 0 Å². The lowest BCUT2D eigenvalue weighted by atomic mass is 10.1. The zero-order valence-corrected chi connectivity index (χ0v) is 17.8. The summed E-state index contributed by atoms with van der Waals surface area (Å²) < 4.78 is 28.7. The predicted molar refractivity (Wildman–Crippen MR) is 121 cm³/mol. The number of benzene rings is 3. The van der Waals surface area contributed by atoms with Crippen LogP contribution in [0.4, 0.5) is 17.3 Å². The van der Waals surface area contributed by atoms with Gasteiger partial charge in [-0.05, 0) is 73.9 Å². The lowest BCUT2D eigenvalue weighted by Crippen LogP contribution is -2.16. The molecule has 0 atom stereocenters. The first-order valence-electron chi connectivity index (χ1n) is 9.52. The highest BCUT2D eigenvalue weighted by Gasteiger charge is 2.19. The van der Waals surface area contributed by atoms with Crippen molar-refractivity contribution in [2.45, 2.75) is 25.7 Å². The molecule has 0 saturated carbocycles. The van der Waals surface area contributed by atoms with Crippen molar-refractivity contribution in [1.29, 1.82) is 0 Å². The summed E-state index contributed by atoms with van der Waals surface area (Å²) in [5.41, 5.74) is 5.07. The van der Waals surface area contributed by atoms with Crippen molar-refractivity contribution >= 4 is 38.4 Å². The summed E-state index contributed by atoms with van der Waals surface area (Å²) in [6, 6.07) is 20.1. The van der Waals surface area contributed by atoms with Gasteiger partial charge in [0.1, 0.15) is 0 Å². The Hall–Kier alpha value is -3.45. The third kappa shape index (κ3) is 4.11. The molecule has 4 aromatic rings. The minimum Gasteiger partial charge on any atom is -0.337 e. The third-order valence-electron chi connectivity index (χ3n) is 4.87. The van der Waals surface area contributed by atoms with E-state index in [1.165, 1.54) is 0 Å². The fourth-order valence-electron chi connectivity index (χ4n) is 3.09. The number of rotatable bonds is 5. The molecular weight excluding hydrogens is 396 g/mol. The maximum Gasteiger partial charge on any atom is 0.263 e. The Morgan fingerprint density at radius 1 is 0.733 bits per heavy atom. The number of nitrogens with one attached hydrogen (secondary N) is 2. The van der Waals surface area contributed by atoms with E-state index in [1.54, 1.807) is 24.3 Å². The SMILES string of the molecule is Cc1cccc(Nc2nc3ccccc3nc2NS(=O)(=O)c2ccc(C)c(C)c2)c1. The molecule has 0 radical (unpaired) electrons. The molecule has 0 aliphatic carbocycles. The number of sulfonamides is 1. The van der Waals surface area contributed by atoms with Crippen LogP contribution < -0.4 is 10.0 Å². The quantitative estimate of drug-likeness (QED) is 0.471. The predicted octanol–water partition coefficient (Wildman–Crippen LogP) is 5.10. The van der Waals surface area contributed by atoms with Gasteiger partial charge >= 0.3 is 0 Å². The van der Waals surface area contributed by atoms with Gasteiger partial charge in [-0.25, -0.2) is 18.4 Å². The van der Waals surface area contributed by atoms with Crippen LogP contribution in [0.3, 0.4) is 0 Å². The Labute approximate surface area is 176 Å². The average Bonchev–Trinajstić information content (AvgIpc) is 2.70. The van der Waals surface area contributed by atoms with Gasteiger partial charge in [0.15, 0.2) is 11.6 Å². The Morgan fingerprint density at radius 2 is 1.43 bits per heavy atom. The number of hydrogen-bond donors (Lipinski definition) is 2. The highest BCUT2D eigenvalue weighted by atomic mass is 32.2. The Balaban J connectivity index is 1.79. The minimum absolute atomic E-state index is 0.147. The molecule has 0 saturated heterocycles. The van der Waals surface area contributed by atoms with Crippen LogP contribution in [0.25, 0.3) is 11.0 Å². The summed E-state index contributed by atoms with van der Waals surface area (Å²) in [6.45, 7) is 5.81. The summed E-state index contributed by atoms with van der Waals surface area (Å²) >= 11 is 0. The molecule has 0 amide bonds. The van der Waals surface area contributed by atoms with Crippen LogP contribution in [0.15, 0.2) is 71.6 Å². The van der Waals surface area contributed by atoms with Crippen LogP contribution in [-0.4, -0.2) is 18.4 Å². The first-order chi connectivity index (χ1) is 14.3. The molecule has 30 heavy (non-hydrogen) atoms. The van der Waals surface area contributed by atoms with Crippen molar-refractivity contribution in [2.24, 2.45) is 0 Å². The van der Waals surface area contributed by atoms with E-state index in [1.807, 2.05) is 63.2 Å². The third-order valence-corrected chi connectivity index (χ3v) is 6.21. The van der Waals surface area contributed by atoms with E-state index in [4.69, 9.17) is 0 Å². The standard InChI is InChI=1S/C23H22N4O2S/c1-15-7-6-8-18(13-15)24-22-23(26-21-10-5-4-9-20(21)25-22)27-30(28,29)19-12-11-16(2)17(3)14-19/h4-14H,1-3H3,(H,24,25)(H,26,27). The summed E-state index contributed by atoms with van der Waals surface area (Å²) in [5, 5.41) is 3.20. The Morgan fingerprint density at radius 3 is 2.10 bits per heavy atom. The molecule has 1 aromatic heterocycles. The normalized spacial score (nSPS) is 11.4. The molecule has 1 heterocycles. The van der Waals surface area contributed by atoms with Gasteiger partial charge in [0.2, 0.25) is 0 Å². The molecule has 4 rings (SSSR count). The second kappa shape index (κ2) is 7.76. The Kier molecular flexibility index (Phi) is 5.13. The average molecular weight is 419 g/mol. The number of aryl methyl sites for hydroxylation is 3. The van der Waals surface area contributed by atoms with Gasteiger partial charge in [-0.3, -0.25) is 4.72 Å². The van der Waals surface area contributed by atoms with Gasteiger partial charge in [0.25, 0.3) is 10.0 Å². The smallest absolute Gasteiger partial charge is 0.263 e. The number of nitrogens with zero attached hydrogens (tertiary/aromatic N) is 2. The van der Waals surface area contributed by atoms with E-state index >= 15 is 0 Å². The lowest BCUT2D eigenvalue weighted by Gasteiger charge is -2.14. The van der Waals surface area contributed by atoms with Crippen LogP contribution in [0, 0.1) is 20.8 Å². The molecule has 0 aliphatic rings. The summed E-state index contributed by atoms with van der Waals surface area (Å²) in [7, 11) is -3.84. The number of aromatic nitrogens is 2. The highest BCUT2D eigenvalue weighted by molar-refractivity contribution is 7.92. The molecule has 0 bridgehead atoms. The number of fused-ring (bicyclic) bond motifs is 1. The van der Waals surface area contributed by atoms with Gasteiger partial charge in [-0.2, -0.15) is 0 Å². The van der Waals surface area contributed by atoms with Crippen LogP contribution in [0.1, 0.15) is 16.7 Å². The summed E-state index contributed by atoms with van der Waals surface area (Å²) in [5.74, 6) is 0.486. The maximum absolute atomic E-state index is 13.1. The van der Waals surface area contributed by atoms with Crippen LogP contribution >= 0.6 is 0 Å². The number of anilines is 3. The fraction of sp³-hybridized carbons (Fsp3) is 0.130. The molecule has 0 aliphatic heterocycles. The molecule has 0 unspecified atom stereocenters. The summed E-state index contributed by atoms with van der Waals surface area (Å²) in [4.78, 5) is 9.32. The van der Waals surface area contributed by atoms with E-state index < -0.39 is 10.0 Å². The number of hydrogen-bond acceptors (Lipinski definition) is 5.